The number of nitrogens with one attached hydrogen (secondary N) is 1. The lowest BCUT2D eigenvalue weighted by Crippen LogP contribution is -2.47. The molecule has 0 aliphatic carbocycles. The van der Waals surface area contributed by atoms with E-state index < -0.39 is 32.9 Å². The highest BCUT2D eigenvalue weighted by Gasteiger charge is 2.17. The van der Waals surface area contributed by atoms with Gasteiger partial charge in [-0.1, -0.05) is 15.5 Å². The van der Waals surface area contributed by atoms with Crippen molar-refractivity contribution in [2.45, 2.75) is 0 Å². The Labute approximate surface area is 106 Å². The lowest BCUT2D eigenvalue weighted by atomic mass is 10.2. The maximum atomic E-state index is 11.9. The average Bonchev–Trinajstić information content (AvgIpc) is 2.44. The summed E-state index contributed by atoms with van der Waals surface area (Å²) >= 11 is 0. The Balaban J connectivity index is 4.36. The van der Waals surface area contributed by atoms with E-state index in [-0.39, 0.29) is 0 Å². The van der Waals surface area contributed by atoms with Crippen LogP contribution >= 0.6 is 0 Å². The molecule has 14 heteroatoms. The minimum absolute atomic E-state index is 0.790. The Bertz CT molecular complexity index is 928. The van der Waals surface area contributed by atoms with E-state index in [1.165, 1.54) is 0 Å². The molecular weight excluding hydrogens is 272 g/mol. The Morgan fingerprint density at radius 2 is 1.50 bits per heavy atom. The largest absolute Gasteiger partial charge is 0.339 e. The summed E-state index contributed by atoms with van der Waals surface area (Å²) in [5, 5.41) is 23.4. The van der Waals surface area contributed by atoms with Crippen molar-refractivity contribution >= 4 is 11.4 Å². The summed E-state index contributed by atoms with van der Waals surface area (Å²) in [7, 11) is 0. The lowest BCUT2D eigenvalue weighted by Gasteiger charge is -1.93. The van der Waals surface area contributed by atoms with Crippen LogP contribution in [-0.4, -0.2) is 0 Å². The van der Waals surface area contributed by atoms with Crippen molar-refractivity contribution in [3.8, 4) is 0 Å². The zero-order valence-electron chi connectivity index (χ0n) is 9.24. The van der Waals surface area contributed by atoms with E-state index in [4.69, 9.17) is 22.0 Å². The molecule has 0 bridgehead atoms. The lowest BCUT2D eigenvalue weighted by molar-refractivity contribution is 0.926. The van der Waals surface area contributed by atoms with Gasteiger partial charge < -0.3 is 0 Å². The molecule has 1 N–H and O–H groups in total. The van der Waals surface area contributed by atoms with Gasteiger partial charge in [-0.25, -0.2) is 0 Å². The predicted octanol–water partition coefficient (Wildman–Crippen LogP) is 0.682. The van der Waals surface area contributed by atoms with Gasteiger partial charge in [0.2, 0.25) is 16.2 Å². The number of benzene rings is 1. The van der Waals surface area contributed by atoms with Gasteiger partial charge in [-0.3, -0.25) is 9.59 Å². The second-order valence-electron chi connectivity index (χ2n) is 2.82. The predicted molar refractivity (Wildman–Crippen MR) is 60.3 cm³/mol. The fourth-order valence-electron chi connectivity index (χ4n) is 1.21. The fourth-order valence-corrected chi connectivity index (χ4v) is 1.21. The number of diazo groups is 1. The first-order chi connectivity index (χ1) is 9.62. The number of nitrogens with zero attached hydrogens (tertiary/aromatic N) is 11. The molecule has 1 aromatic carbocycles. The van der Waals surface area contributed by atoms with E-state index in [0.29, 0.717) is 0 Å². The smallest absolute Gasteiger partial charge is 0.287 e. The first-order valence-electron chi connectivity index (χ1n) is 4.43. The van der Waals surface area contributed by atoms with Crippen molar-refractivity contribution in [3.05, 3.63) is 57.1 Å². The van der Waals surface area contributed by atoms with Crippen LogP contribution in [0.4, 0.5) is 11.4 Å². The minimum atomic E-state index is -1.18. The van der Waals surface area contributed by atoms with Crippen LogP contribution in [0.3, 0.4) is 0 Å². The molecule has 0 fully saturated rings. The van der Waals surface area contributed by atoms with Crippen molar-refractivity contribution < 1.29 is 0 Å². The van der Waals surface area contributed by atoms with Crippen LogP contribution in [0, 0.1) is 10.9 Å². The Morgan fingerprint density at radius 1 is 1.00 bits per heavy atom. The number of hydrogen-bond donors (Lipinski definition) is 1. The van der Waals surface area contributed by atoms with Crippen molar-refractivity contribution in [2.75, 3.05) is 0 Å². The van der Waals surface area contributed by atoms with Crippen LogP contribution < -0.4 is 21.6 Å². The first kappa shape index (κ1) is 14.1. The Kier molecular flexibility index (Phi) is 4.32. The van der Waals surface area contributed by atoms with Gasteiger partial charge in [-0.15, -0.1) is 5.10 Å². The molecule has 1 rings (SSSR count). The maximum Gasteiger partial charge on any atom is 0.339 e. The molecule has 0 saturated carbocycles. The van der Waals surface area contributed by atoms with Gasteiger partial charge in [0, 0.05) is 9.82 Å². The van der Waals surface area contributed by atoms with Crippen molar-refractivity contribution in [1.29, 1.82) is 10.9 Å². The Hall–Kier alpha value is -3.94. The zero-order valence-corrected chi connectivity index (χ0v) is 9.24. The number of rotatable bonds is 3. The molecule has 96 valence electrons. The highest BCUT2D eigenvalue weighted by molar-refractivity contribution is 5.60. The van der Waals surface area contributed by atoms with Crippen molar-refractivity contribution in [2.24, 2.45) is 25.7 Å². The van der Waals surface area contributed by atoms with Crippen LogP contribution in [0.5, 0.6) is 0 Å². The second-order valence-corrected chi connectivity index (χ2v) is 2.82. The van der Waals surface area contributed by atoms with Gasteiger partial charge in [0.1, 0.15) is 11.4 Å². The van der Waals surface area contributed by atoms with Crippen LogP contribution in [0.2, 0.25) is 0 Å². The van der Waals surface area contributed by atoms with Gasteiger partial charge in [-0.2, -0.15) is 5.53 Å². The van der Waals surface area contributed by atoms with Gasteiger partial charge in [0.25, 0.3) is 5.39 Å². The number of azide groups is 2. The highest BCUT2D eigenvalue weighted by atomic mass is 16.1. The van der Waals surface area contributed by atoms with E-state index in [1.807, 2.05) is 0 Å². The molecule has 0 radical (unpaired) electrons. The van der Waals surface area contributed by atoms with Crippen LogP contribution in [0.25, 0.3) is 26.0 Å². The molecule has 0 aliphatic rings. The third kappa shape index (κ3) is 2.33. The summed E-state index contributed by atoms with van der Waals surface area (Å²) in [6, 6.07) is 0. The third-order valence-corrected chi connectivity index (χ3v) is 1.89. The average molecular weight is 273 g/mol. The maximum absolute atomic E-state index is 11.9. The highest BCUT2D eigenvalue weighted by Crippen LogP contribution is 2.17. The normalized spacial score (nSPS) is 11.2. The molecule has 0 aliphatic heterocycles. The molecule has 0 spiro atoms. The fraction of sp³-hybridized carbons (Fsp3) is 0. The summed E-state index contributed by atoms with van der Waals surface area (Å²) in [5.41, 5.74) is 19.2. The molecule has 1 aromatic rings. The van der Waals surface area contributed by atoms with E-state index in [9.17, 15) is 9.59 Å². The molecule has 14 nitrogen and oxygen atoms in total. The van der Waals surface area contributed by atoms with E-state index in [1.54, 1.807) is 0 Å². The topological polar surface area (TPSA) is 221 Å². The minimum Gasteiger partial charge on any atom is -0.287 e. The quantitative estimate of drug-likeness (QED) is 0.276. The molecule has 20 heavy (non-hydrogen) atoms. The van der Waals surface area contributed by atoms with E-state index in [2.05, 4.69) is 40.6 Å². The zero-order chi connectivity index (χ0) is 15.1. The van der Waals surface area contributed by atoms with Gasteiger partial charge in [0.05, 0.1) is 0 Å². The van der Waals surface area contributed by atoms with Crippen LogP contribution in [0.1, 0.15) is 0 Å². The van der Waals surface area contributed by atoms with Crippen molar-refractivity contribution in [3.63, 3.8) is 0 Å². The summed E-state index contributed by atoms with van der Waals surface area (Å²) in [4.78, 5) is 28.4. The Morgan fingerprint density at radius 3 is 1.90 bits per heavy atom. The third-order valence-electron chi connectivity index (χ3n) is 1.89. The molecule has 0 amide bonds. The first-order valence-corrected chi connectivity index (χ1v) is 4.43. The SMILES string of the molecule is N#[N+]N=c1c(=O)c(N=[N+]=[N-])c(N=[N+]=[N-])c(=O)c1=NN=N. The van der Waals surface area contributed by atoms with Crippen LogP contribution in [0.15, 0.2) is 35.2 Å². The summed E-state index contributed by atoms with van der Waals surface area (Å²) in [5.74, 6) is 0. The van der Waals surface area contributed by atoms with E-state index in [0.717, 1.165) is 0 Å². The van der Waals surface area contributed by atoms with Gasteiger partial charge in [-0.05, 0) is 11.1 Å². The van der Waals surface area contributed by atoms with Crippen molar-refractivity contribution in [1.82, 2.24) is 0 Å². The molecule has 0 atom stereocenters. The number of hydrogen-bond acceptors (Lipinski definition) is 8. The van der Waals surface area contributed by atoms with E-state index >= 15 is 0 Å². The second kappa shape index (κ2) is 6.12. The summed E-state index contributed by atoms with van der Waals surface area (Å²) in [6.45, 7) is 0. The summed E-state index contributed by atoms with van der Waals surface area (Å²) in [6.07, 6.45) is 0. The molecule has 0 saturated heterocycles. The standard InChI is InChI=1S/C6HN12O2/c7-15-11-1-2(12-16-8)6(20)4(14-18-10)3(5(1)19)13-17-9/h7H/q+1. The van der Waals surface area contributed by atoms with Gasteiger partial charge >= 0.3 is 5.08 Å². The van der Waals surface area contributed by atoms with Gasteiger partial charge in [0.15, 0.2) is 10.5 Å². The summed E-state index contributed by atoms with van der Waals surface area (Å²) < 4.78 is 0. The molecule has 0 unspecified atom stereocenters. The van der Waals surface area contributed by atoms with Crippen LogP contribution in [-0.2, 0) is 0 Å². The molecule has 0 heterocycles. The molecule has 0 aromatic heterocycles. The monoisotopic (exact) mass is 273 g/mol. The molecular formula is C6HN12O2+.